The van der Waals surface area contributed by atoms with Gasteiger partial charge in [-0.05, 0) is 15.9 Å². The third-order valence-corrected chi connectivity index (χ3v) is 2.34. The molecule has 2 aromatic rings. The third kappa shape index (κ3) is 1.94. The van der Waals surface area contributed by atoms with Crippen LogP contribution in [0.4, 0.5) is 5.95 Å². The Morgan fingerprint density at radius 1 is 1.53 bits per heavy atom. The Morgan fingerprint density at radius 3 is 2.87 bits per heavy atom. The highest BCUT2D eigenvalue weighted by atomic mass is 79.9. The Labute approximate surface area is 93.2 Å². The molecule has 0 saturated carbocycles. The number of imidazole rings is 1. The van der Waals surface area contributed by atoms with E-state index in [4.69, 9.17) is 0 Å². The van der Waals surface area contributed by atoms with Crippen molar-refractivity contribution < 1.29 is 0 Å². The lowest BCUT2D eigenvalue weighted by Gasteiger charge is -2.01. The predicted octanol–water partition coefficient (Wildman–Crippen LogP) is 1.22. The molecule has 0 unspecified atom stereocenters. The fourth-order valence-corrected chi connectivity index (χ4v) is 1.47. The second kappa shape index (κ2) is 3.89. The Balaban J connectivity index is 2.24. The number of rotatable bonds is 3. The molecule has 0 amide bonds. The van der Waals surface area contributed by atoms with E-state index in [0.29, 0.717) is 11.3 Å². The molecule has 78 valence electrons. The molecule has 8 heteroatoms. The lowest BCUT2D eigenvalue weighted by Crippen LogP contribution is -2.04. The summed E-state index contributed by atoms with van der Waals surface area (Å²) >= 11 is 3.15. The van der Waals surface area contributed by atoms with Gasteiger partial charge in [0.2, 0.25) is 4.73 Å². The van der Waals surface area contributed by atoms with E-state index in [1.807, 2.05) is 0 Å². The molecule has 2 aromatic heterocycles. The fourth-order valence-electron chi connectivity index (χ4n) is 1.18. The van der Waals surface area contributed by atoms with Crippen molar-refractivity contribution in [3.63, 3.8) is 0 Å². The van der Waals surface area contributed by atoms with Gasteiger partial charge in [-0.1, -0.05) is 0 Å². The predicted molar refractivity (Wildman–Crippen MR) is 55.5 cm³/mol. The first-order valence-electron chi connectivity index (χ1n) is 4.09. The van der Waals surface area contributed by atoms with Gasteiger partial charge in [0.05, 0.1) is 18.4 Å². The molecule has 0 aromatic carbocycles. The number of hydrogen-bond acceptors (Lipinski definition) is 5. The molecular formula is C7H7BrN6O. The highest BCUT2D eigenvalue weighted by molar-refractivity contribution is 9.10. The lowest BCUT2D eigenvalue weighted by atomic mass is 10.5. The Kier molecular flexibility index (Phi) is 2.58. The van der Waals surface area contributed by atoms with Crippen LogP contribution in [0.3, 0.4) is 0 Å². The van der Waals surface area contributed by atoms with Crippen LogP contribution in [-0.4, -0.2) is 24.3 Å². The first-order chi connectivity index (χ1) is 7.20. The number of nitrogens with zero attached hydrogens (tertiary/aromatic N) is 6. The zero-order valence-electron chi connectivity index (χ0n) is 7.83. The molecule has 0 N–H and O–H groups in total. The molecule has 7 nitrogen and oxygen atoms in total. The van der Waals surface area contributed by atoms with Gasteiger partial charge in [-0.25, -0.2) is 14.6 Å². The van der Waals surface area contributed by atoms with Gasteiger partial charge >= 0.3 is 0 Å². The summed E-state index contributed by atoms with van der Waals surface area (Å²) in [4.78, 5) is 18.1. The van der Waals surface area contributed by atoms with Crippen molar-refractivity contribution >= 4 is 21.9 Å². The molecule has 0 radical (unpaired) electrons. The van der Waals surface area contributed by atoms with Crippen molar-refractivity contribution in [3.8, 4) is 0 Å². The van der Waals surface area contributed by atoms with Crippen molar-refractivity contribution in [3.05, 3.63) is 27.9 Å². The molecule has 0 atom stereocenters. The zero-order valence-corrected chi connectivity index (χ0v) is 9.42. The maximum atomic E-state index is 10.3. The minimum Gasteiger partial charge on any atom is -0.311 e. The first-order valence-corrected chi connectivity index (χ1v) is 4.89. The van der Waals surface area contributed by atoms with Crippen LogP contribution >= 0.6 is 15.9 Å². The third-order valence-electron chi connectivity index (χ3n) is 1.97. The van der Waals surface area contributed by atoms with Crippen LogP contribution in [-0.2, 0) is 13.6 Å². The minimum atomic E-state index is 0.157. The number of aromatic nitrogens is 5. The zero-order chi connectivity index (χ0) is 10.8. The molecule has 0 aliphatic rings. The second-order valence-electron chi connectivity index (χ2n) is 2.91. The van der Waals surface area contributed by atoms with Gasteiger partial charge in [-0.2, -0.15) is 0 Å². The van der Waals surface area contributed by atoms with Gasteiger partial charge in [0.25, 0.3) is 5.95 Å². The summed E-state index contributed by atoms with van der Waals surface area (Å²) in [5, 5.41) is 6.84. The number of hydrogen-bond donors (Lipinski definition) is 0. The van der Waals surface area contributed by atoms with Crippen molar-refractivity contribution in [2.24, 2.45) is 12.2 Å². The van der Waals surface area contributed by atoms with Crippen molar-refractivity contribution in [1.82, 2.24) is 24.3 Å². The van der Waals surface area contributed by atoms with Crippen molar-refractivity contribution in [2.75, 3.05) is 0 Å². The smallest absolute Gasteiger partial charge is 0.271 e. The second-order valence-corrected chi connectivity index (χ2v) is 3.62. The summed E-state index contributed by atoms with van der Waals surface area (Å²) in [5.74, 6) is 0.157. The average molecular weight is 271 g/mol. The summed E-state index contributed by atoms with van der Waals surface area (Å²) in [5.41, 5.74) is 0.835. The topological polar surface area (TPSA) is 78.0 Å². The minimum absolute atomic E-state index is 0.157. The van der Waals surface area contributed by atoms with E-state index in [2.05, 4.69) is 36.2 Å². The largest absolute Gasteiger partial charge is 0.311 e. The highest BCUT2D eigenvalue weighted by Gasteiger charge is 2.07. The van der Waals surface area contributed by atoms with Crippen LogP contribution in [0, 0.1) is 4.91 Å². The summed E-state index contributed by atoms with van der Waals surface area (Å²) in [7, 11) is 1.73. The van der Waals surface area contributed by atoms with E-state index in [0.717, 1.165) is 5.69 Å². The monoisotopic (exact) mass is 270 g/mol. The van der Waals surface area contributed by atoms with Gasteiger partial charge in [-0.15, -0.1) is 10.0 Å². The summed E-state index contributed by atoms with van der Waals surface area (Å²) in [6.45, 7) is 0.498. The molecular weight excluding hydrogens is 264 g/mol. The van der Waals surface area contributed by atoms with Crippen LogP contribution < -0.4 is 0 Å². The van der Waals surface area contributed by atoms with Crippen LogP contribution in [0.2, 0.25) is 0 Å². The van der Waals surface area contributed by atoms with Crippen LogP contribution in [0.15, 0.2) is 22.4 Å². The lowest BCUT2D eigenvalue weighted by molar-refractivity contribution is 0.644. The molecule has 15 heavy (non-hydrogen) atoms. The summed E-state index contributed by atoms with van der Waals surface area (Å²) in [6.07, 6.45) is 3.18. The maximum Gasteiger partial charge on any atom is 0.271 e. The molecule has 0 saturated heterocycles. The van der Waals surface area contributed by atoms with Crippen molar-refractivity contribution in [2.45, 2.75) is 6.54 Å². The fraction of sp³-hybridized carbons (Fsp3) is 0.286. The van der Waals surface area contributed by atoms with E-state index >= 15 is 0 Å². The Bertz CT molecular complexity index is 489. The van der Waals surface area contributed by atoms with Crippen LogP contribution in [0.5, 0.6) is 0 Å². The van der Waals surface area contributed by atoms with Gasteiger partial charge in [0.1, 0.15) is 6.33 Å². The molecule has 0 aliphatic heterocycles. The van der Waals surface area contributed by atoms with Gasteiger partial charge in [0, 0.05) is 12.2 Å². The van der Waals surface area contributed by atoms with E-state index < -0.39 is 0 Å². The summed E-state index contributed by atoms with van der Waals surface area (Å²) < 4.78 is 3.77. The maximum absolute atomic E-state index is 10.3. The van der Waals surface area contributed by atoms with Gasteiger partial charge in [-0.3, -0.25) is 0 Å². The molecule has 0 aliphatic carbocycles. The highest BCUT2D eigenvalue weighted by Crippen LogP contribution is 2.12. The van der Waals surface area contributed by atoms with E-state index in [1.54, 1.807) is 28.8 Å². The van der Waals surface area contributed by atoms with Crippen LogP contribution in [0.25, 0.3) is 0 Å². The van der Waals surface area contributed by atoms with Crippen LogP contribution in [0.1, 0.15) is 5.69 Å². The number of halogens is 1. The normalized spacial score (nSPS) is 10.5. The van der Waals surface area contributed by atoms with Gasteiger partial charge in [0.15, 0.2) is 0 Å². The van der Waals surface area contributed by atoms with E-state index in [9.17, 15) is 4.91 Å². The first kappa shape index (κ1) is 9.97. The number of nitroso groups, excluding NO2 is 1. The molecule has 0 fully saturated rings. The molecule has 0 spiro atoms. The van der Waals surface area contributed by atoms with E-state index in [-0.39, 0.29) is 5.95 Å². The van der Waals surface area contributed by atoms with Crippen molar-refractivity contribution in [1.29, 1.82) is 0 Å². The van der Waals surface area contributed by atoms with E-state index in [1.165, 1.54) is 0 Å². The average Bonchev–Trinajstić information content (AvgIpc) is 2.76. The molecule has 2 heterocycles. The Hall–Kier alpha value is -1.57. The quantitative estimate of drug-likeness (QED) is 0.786. The standard InChI is InChI=1S/C7H7BrN6O/c1-13-5(2-9-7(13)12-15)3-14-4-10-6(8)11-14/h2,4H,3H2,1H3. The SMILES string of the molecule is Cn1c(Cn2cnc(Br)n2)cnc1N=O. The Morgan fingerprint density at radius 2 is 2.33 bits per heavy atom. The molecule has 2 rings (SSSR count). The summed E-state index contributed by atoms with van der Waals surface area (Å²) in [6, 6.07) is 0. The molecule has 0 bridgehead atoms. The van der Waals surface area contributed by atoms with Gasteiger partial charge < -0.3 is 4.57 Å².